The number of halogens is 3. The third-order valence-corrected chi connectivity index (χ3v) is 3.71. The van der Waals surface area contributed by atoms with E-state index in [2.05, 4.69) is 0 Å². The second kappa shape index (κ2) is 5.55. The molecule has 1 aromatic carbocycles. The Bertz CT molecular complexity index is 543. The molecule has 1 aromatic rings. The Kier molecular flexibility index (Phi) is 4.13. The fourth-order valence-electron chi connectivity index (χ4n) is 2.47. The molecule has 2 N–H and O–H groups in total. The SMILES string of the molecule is CN(C)[C@H]1CCN(C(=O)c2cc(N)cc(C(F)(F)F)c2)C1. The van der Waals surface area contributed by atoms with Crippen LogP contribution >= 0.6 is 0 Å². The highest BCUT2D eigenvalue weighted by Crippen LogP contribution is 2.31. The Morgan fingerprint density at radius 2 is 2.00 bits per heavy atom. The highest BCUT2D eigenvalue weighted by molar-refractivity contribution is 5.95. The minimum absolute atomic E-state index is 0.0123. The average Bonchev–Trinajstić information content (AvgIpc) is 2.85. The second-order valence-corrected chi connectivity index (χ2v) is 5.50. The van der Waals surface area contributed by atoms with E-state index in [9.17, 15) is 18.0 Å². The number of nitrogens with zero attached hydrogens (tertiary/aromatic N) is 2. The van der Waals surface area contributed by atoms with Crippen LogP contribution in [0, 0.1) is 0 Å². The summed E-state index contributed by atoms with van der Waals surface area (Å²) >= 11 is 0. The van der Waals surface area contributed by atoms with Gasteiger partial charge in [0.2, 0.25) is 0 Å². The Morgan fingerprint density at radius 1 is 1.33 bits per heavy atom. The van der Waals surface area contributed by atoms with Gasteiger partial charge in [-0.25, -0.2) is 0 Å². The molecule has 2 rings (SSSR count). The predicted octanol–water partition coefficient (Wildman–Crippen LogP) is 2.06. The van der Waals surface area contributed by atoms with Gasteiger partial charge in [-0.2, -0.15) is 13.2 Å². The van der Waals surface area contributed by atoms with E-state index in [4.69, 9.17) is 5.73 Å². The van der Waals surface area contributed by atoms with E-state index >= 15 is 0 Å². The van der Waals surface area contributed by atoms with Crippen molar-refractivity contribution < 1.29 is 18.0 Å². The van der Waals surface area contributed by atoms with Crippen molar-refractivity contribution >= 4 is 11.6 Å². The molecule has 1 heterocycles. The lowest BCUT2D eigenvalue weighted by Gasteiger charge is -2.21. The summed E-state index contributed by atoms with van der Waals surface area (Å²) in [6.45, 7) is 1.06. The van der Waals surface area contributed by atoms with Crippen LogP contribution in [0.3, 0.4) is 0 Å². The molecule has 1 atom stereocenters. The number of nitrogens with two attached hydrogens (primary N) is 1. The molecular weight excluding hydrogens is 283 g/mol. The Balaban J connectivity index is 2.22. The van der Waals surface area contributed by atoms with Crippen LogP contribution in [0.1, 0.15) is 22.3 Å². The number of anilines is 1. The van der Waals surface area contributed by atoms with Crippen molar-refractivity contribution in [2.75, 3.05) is 32.9 Å². The maximum atomic E-state index is 12.8. The van der Waals surface area contributed by atoms with Gasteiger partial charge in [0.25, 0.3) is 5.91 Å². The summed E-state index contributed by atoms with van der Waals surface area (Å²) in [6, 6.07) is 3.23. The maximum absolute atomic E-state index is 12.8. The van der Waals surface area contributed by atoms with Crippen LogP contribution in [0.15, 0.2) is 18.2 Å². The summed E-state index contributed by atoms with van der Waals surface area (Å²) in [6.07, 6.45) is -3.70. The second-order valence-electron chi connectivity index (χ2n) is 5.50. The molecule has 1 fully saturated rings. The van der Waals surface area contributed by atoms with Crippen molar-refractivity contribution in [2.45, 2.75) is 18.6 Å². The van der Waals surface area contributed by atoms with E-state index < -0.39 is 17.6 Å². The minimum Gasteiger partial charge on any atom is -0.399 e. The van der Waals surface area contributed by atoms with Crippen molar-refractivity contribution in [1.29, 1.82) is 0 Å². The largest absolute Gasteiger partial charge is 0.416 e. The number of hydrogen-bond acceptors (Lipinski definition) is 3. The summed E-state index contributed by atoms with van der Waals surface area (Å²) in [7, 11) is 3.84. The third kappa shape index (κ3) is 3.47. The summed E-state index contributed by atoms with van der Waals surface area (Å²) < 4.78 is 38.3. The number of rotatable bonds is 2. The average molecular weight is 301 g/mol. The fraction of sp³-hybridized carbons (Fsp3) is 0.500. The zero-order chi connectivity index (χ0) is 15.8. The summed E-state index contributed by atoms with van der Waals surface area (Å²) in [5, 5.41) is 0. The number of nitrogen functional groups attached to an aromatic ring is 1. The Morgan fingerprint density at radius 3 is 2.52 bits per heavy atom. The van der Waals surface area contributed by atoms with Crippen molar-refractivity contribution in [3.05, 3.63) is 29.3 Å². The molecule has 1 aliphatic rings. The number of hydrogen-bond donors (Lipinski definition) is 1. The van der Waals surface area contributed by atoms with Crippen LogP contribution in [-0.4, -0.2) is 48.9 Å². The monoisotopic (exact) mass is 301 g/mol. The molecule has 1 amide bonds. The molecule has 0 aromatic heterocycles. The Hall–Kier alpha value is -1.76. The third-order valence-electron chi connectivity index (χ3n) is 3.71. The van der Waals surface area contributed by atoms with Gasteiger partial charge < -0.3 is 15.5 Å². The lowest BCUT2D eigenvalue weighted by Crippen LogP contribution is -2.34. The molecule has 21 heavy (non-hydrogen) atoms. The van der Waals surface area contributed by atoms with Gasteiger partial charge in [-0.1, -0.05) is 0 Å². The van der Waals surface area contributed by atoms with E-state index in [1.54, 1.807) is 4.90 Å². The van der Waals surface area contributed by atoms with Crippen LogP contribution in [0.5, 0.6) is 0 Å². The van der Waals surface area contributed by atoms with E-state index in [0.717, 1.165) is 18.6 Å². The van der Waals surface area contributed by atoms with Crippen LogP contribution in [-0.2, 0) is 6.18 Å². The molecule has 4 nitrogen and oxygen atoms in total. The molecule has 0 spiro atoms. The molecule has 7 heteroatoms. The van der Waals surface area contributed by atoms with Crippen LogP contribution in [0.25, 0.3) is 0 Å². The van der Waals surface area contributed by atoms with Crippen molar-refractivity contribution in [3.63, 3.8) is 0 Å². The van der Waals surface area contributed by atoms with E-state index in [1.165, 1.54) is 6.07 Å². The molecule has 0 radical (unpaired) electrons. The van der Waals surface area contributed by atoms with Gasteiger partial charge in [0.05, 0.1) is 5.56 Å². The van der Waals surface area contributed by atoms with Crippen LogP contribution in [0.2, 0.25) is 0 Å². The molecule has 1 aliphatic heterocycles. The first-order valence-corrected chi connectivity index (χ1v) is 6.62. The zero-order valence-electron chi connectivity index (χ0n) is 11.9. The normalized spacial score (nSPS) is 19.3. The number of likely N-dealkylation sites (tertiary alicyclic amines) is 1. The molecule has 0 aliphatic carbocycles. The van der Waals surface area contributed by atoms with Gasteiger partial charge in [0.15, 0.2) is 0 Å². The Labute approximate surface area is 121 Å². The molecule has 0 unspecified atom stereocenters. The first-order chi connectivity index (χ1) is 9.68. The number of alkyl halides is 3. The van der Waals surface area contributed by atoms with Gasteiger partial charge >= 0.3 is 6.18 Å². The van der Waals surface area contributed by atoms with Crippen LogP contribution < -0.4 is 5.73 Å². The van der Waals surface area contributed by atoms with E-state index in [0.29, 0.717) is 13.1 Å². The number of carbonyl (C=O) groups is 1. The predicted molar refractivity (Wildman–Crippen MR) is 73.9 cm³/mol. The van der Waals surface area contributed by atoms with Crippen molar-refractivity contribution in [1.82, 2.24) is 9.80 Å². The quantitative estimate of drug-likeness (QED) is 0.851. The van der Waals surface area contributed by atoms with Crippen molar-refractivity contribution in [2.24, 2.45) is 0 Å². The number of amides is 1. The standard InChI is InChI=1S/C14H18F3N3O/c1-19(2)12-3-4-20(8-12)13(21)9-5-10(14(15,16)17)7-11(18)6-9/h5-7,12H,3-4,8,18H2,1-2H3/t12-/m0/s1. The molecule has 1 saturated heterocycles. The smallest absolute Gasteiger partial charge is 0.399 e. The van der Waals surface area contributed by atoms with Gasteiger partial charge in [0, 0.05) is 30.4 Å². The first kappa shape index (κ1) is 15.6. The van der Waals surface area contributed by atoms with Crippen molar-refractivity contribution in [3.8, 4) is 0 Å². The molecular formula is C14H18F3N3O. The molecule has 116 valence electrons. The summed E-state index contributed by atoms with van der Waals surface area (Å²) in [5.41, 5.74) is 4.52. The molecule has 0 bridgehead atoms. The minimum atomic E-state index is -4.51. The van der Waals surface area contributed by atoms with E-state index in [1.807, 2.05) is 19.0 Å². The zero-order valence-corrected chi connectivity index (χ0v) is 11.9. The highest BCUT2D eigenvalue weighted by atomic mass is 19.4. The lowest BCUT2D eigenvalue weighted by atomic mass is 10.1. The van der Waals surface area contributed by atoms with Gasteiger partial charge in [-0.05, 0) is 38.7 Å². The topological polar surface area (TPSA) is 49.6 Å². The van der Waals surface area contributed by atoms with Gasteiger partial charge in [0.1, 0.15) is 0 Å². The summed E-state index contributed by atoms with van der Waals surface area (Å²) in [5.74, 6) is -0.405. The summed E-state index contributed by atoms with van der Waals surface area (Å²) in [4.78, 5) is 15.9. The first-order valence-electron chi connectivity index (χ1n) is 6.62. The van der Waals surface area contributed by atoms with Gasteiger partial charge in [-0.3, -0.25) is 4.79 Å². The molecule has 0 saturated carbocycles. The van der Waals surface area contributed by atoms with Crippen LogP contribution in [0.4, 0.5) is 18.9 Å². The van der Waals surface area contributed by atoms with Gasteiger partial charge in [-0.15, -0.1) is 0 Å². The van der Waals surface area contributed by atoms with E-state index in [-0.39, 0.29) is 17.3 Å². The lowest BCUT2D eigenvalue weighted by molar-refractivity contribution is -0.137. The highest BCUT2D eigenvalue weighted by Gasteiger charge is 2.33. The maximum Gasteiger partial charge on any atom is 0.416 e. The fourth-order valence-corrected chi connectivity index (χ4v) is 2.47. The number of benzene rings is 1. The number of likely N-dealkylation sites (N-methyl/N-ethyl adjacent to an activating group) is 1. The number of carbonyl (C=O) groups excluding carboxylic acids is 1.